The van der Waals surface area contributed by atoms with Gasteiger partial charge in [0.15, 0.2) is 17.5 Å². The first-order valence-electron chi connectivity index (χ1n) is 5.71. The molecule has 0 heterocycles. The molecule has 1 N–H and O–H groups in total. The second-order valence-corrected chi connectivity index (χ2v) is 4.06. The Kier molecular flexibility index (Phi) is 5.82. The quantitative estimate of drug-likeness (QED) is 0.494. The number of benzene rings is 1. The zero-order chi connectivity index (χ0) is 15.3. The van der Waals surface area contributed by atoms with Crippen LogP contribution in [0, 0.1) is 17.5 Å². The van der Waals surface area contributed by atoms with E-state index in [0.29, 0.717) is 0 Å². The summed E-state index contributed by atoms with van der Waals surface area (Å²) in [4.78, 5) is 0. The summed E-state index contributed by atoms with van der Waals surface area (Å²) in [6.07, 6.45) is -4.46. The van der Waals surface area contributed by atoms with Gasteiger partial charge in [-0.3, -0.25) is 0 Å². The topological polar surface area (TPSA) is 21.3 Å². The van der Waals surface area contributed by atoms with Gasteiger partial charge in [-0.15, -0.1) is 0 Å². The van der Waals surface area contributed by atoms with Crippen LogP contribution in [0.3, 0.4) is 0 Å². The number of nitrogens with one attached hydrogen (secondary N) is 1. The standard InChI is InChI=1S/C12H13F6NO/c1-19-9(4-5-20-6-12(16,17)18)7-2-3-8(13)11(15)10(7)14/h2-3,9,19H,4-6H2,1H3. The molecule has 0 radical (unpaired) electrons. The van der Waals surface area contributed by atoms with E-state index in [2.05, 4.69) is 10.1 Å². The van der Waals surface area contributed by atoms with Crippen molar-refractivity contribution in [3.63, 3.8) is 0 Å². The van der Waals surface area contributed by atoms with Crippen LogP contribution in [0.5, 0.6) is 0 Å². The van der Waals surface area contributed by atoms with E-state index in [1.807, 2.05) is 0 Å². The lowest BCUT2D eigenvalue weighted by atomic mass is 10.0. The maximum atomic E-state index is 13.5. The molecule has 20 heavy (non-hydrogen) atoms. The zero-order valence-corrected chi connectivity index (χ0v) is 10.5. The summed E-state index contributed by atoms with van der Waals surface area (Å²) in [5, 5.41) is 2.61. The molecular formula is C12H13F6NO. The van der Waals surface area contributed by atoms with Gasteiger partial charge in [-0.2, -0.15) is 13.2 Å². The summed E-state index contributed by atoms with van der Waals surface area (Å²) in [6, 6.07) is 1.02. The molecule has 0 fully saturated rings. The molecular weight excluding hydrogens is 288 g/mol. The van der Waals surface area contributed by atoms with Crippen molar-refractivity contribution in [1.29, 1.82) is 0 Å². The summed E-state index contributed by atoms with van der Waals surface area (Å²) >= 11 is 0. The molecule has 1 unspecified atom stereocenters. The molecule has 0 spiro atoms. The van der Waals surface area contributed by atoms with E-state index >= 15 is 0 Å². The predicted octanol–water partition coefficient (Wildman–Crippen LogP) is 3.33. The van der Waals surface area contributed by atoms with Gasteiger partial charge in [0.2, 0.25) is 0 Å². The van der Waals surface area contributed by atoms with Gasteiger partial charge in [0.05, 0.1) is 0 Å². The molecule has 1 rings (SSSR count). The summed E-state index contributed by atoms with van der Waals surface area (Å²) in [7, 11) is 1.43. The van der Waals surface area contributed by atoms with Crippen LogP contribution in [-0.2, 0) is 4.74 Å². The minimum atomic E-state index is -4.44. The summed E-state index contributed by atoms with van der Waals surface area (Å²) < 4.78 is 79.3. The van der Waals surface area contributed by atoms with E-state index in [-0.39, 0.29) is 18.6 Å². The van der Waals surface area contributed by atoms with E-state index in [1.54, 1.807) is 0 Å². The number of alkyl halides is 3. The SMILES string of the molecule is CNC(CCOCC(F)(F)F)c1ccc(F)c(F)c1F. The van der Waals surface area contributed by atoms with Crippen LogP contribution >= 0.6 is 0 Å². The highest BCUT2D eigenvalue weighted by atomic mass is 19.4. The molecule has 1 aromatic carbocycles. The van der Waals surface area contributed by atoms with E-state index in [1.165, 1.54) is 7.05 Å². The Bertz CT molecular complexity index is 448. The normalized spacial score (nSPS) is 13.6. The molecule has 0 saturated carbocycles. The van der Waals surface area contributed by atoms with Crippen LogP contribution in [0.25, 0.3) is 0 Å². The lowest BCUT2D eigenvalue weighted by Gasteiger charge is -2.18. The van der Waals surface area contributed by atoms with Crippen molar-refractivity contribution >= 4 is 0 Å². The number of rotatable bonds is 6. The second-order valence-electron chi connectivity index (χ2n) is 4.06. The van der Waals surface area contributed by atoms with E-state index < -0.39 is 36.3 Å². The summed E-state index contributed by atoms with van der Waals surface area (Å²) in [6.45, 7) is -1.72. The lowest BCUT2D eigenvalue weighted by Crippen LogP contribution is -2.22. The largest absolute Gasteiger partial charge is 0.411 e. The van der Waals surface area contributed by atoms with Crippen molar-refractivity contribution in [3.8, 4) is 0 Å². The third-order valence-corrected chi connectivity index (χ3v) is 2.61. The maximum absolute atomic E-state index is 13.5. The van der Waals surface area contributed by atoms with Gasteiger partial charge in [-0.25, -0.2) is 13.2 Å². The Morgan fingerprint density at radius 3 is 2.35 bits per heavy atom. The Labute approximate surface area is 111 Å². The molecule has 0 bridgehead atoms. The summed E-state index contributed by atoms with van der Waals surface area (Å²) in [5.74, 6) is -4.30. The van der Waals surface area contributed by atoms with Crippen LogP contribution in [0.2, 0.25) is 0 Å². The number of hydrogen-bond acceptors (Lipinski definition) is 2. The van der Waals surface area contributed by atoms with Crippen LogP contribution in [0.15, 0.2) is 12.1 Å². The molecule has 0 aliphatic rings. The highest BCUT2D eigenvalue weighted by Gasteiger charge is 2.27. The molecule has 0 amide bonds. The Morgan fingerprint density at radius 2 is 1.80 bits per heavy atom. The zero-order valence-electron chi connectivity index (χ0n) is 10.5. The second kappa shape index (κ2) is 6.94. The average molecular weight is 301 g/mol. The van der Waals surface area contributed by atoms with E-state index in [9.17, 15) is 26.3 Å². The molecule has 0 saturated heterocycles. The Hall–Kier alpha value is -1.28. The lowest BCUT2D eigenvalue weighted by molar-refractivity contribution is -0.174. The third kappa shape index (κ3) is 4.68. The molecule has 2 nitrogen and oxygen atoms in total. The first-order chi connectivity index (χ1) is 9.26. The molecule has 0 aliphatic heterocycles. The van der Waals surface area contributed by atoms with Gasteiger partial charge < -0.3 is 10.1 Å². The van der Waals surface area contributed by atoms with Crippen molar-refractivity contribution in [2.24, 2.45) is 0 Å². The fraction of sp³-hybridized carbons (Fsp3) is 0.500. The fourth-order valence-corrected chi connectivity index (χ4v) is 1.65. The first kappa shape index (κ1) is 16.8. The first-order valence-corrected chi connectivity index (χ1v) is 5.71. The van der Waals surface area contributed by atoms with Crippen molar-refractivity contribution in [2.45, 2.75) is 18.6 Å². The monoisotopic (exact) mass is 301 g/mol. The number of ether oxygens (including phenoxy) is 1. The number of hydrogen-bond donors (Lipinski definition) is 1. The van der Waals surface area contributed by atoms with Gasteiger partial charge in [-0.05, 0) is 19.5 Å². The minimum Gasteiger partial charge on any atom is -0.372 e. The molecule has 114 valence electrons. The maximum Gasteiger partial charge on any atom is 0.411 e. The fourth-order valence-electron chi connectivity index (χ4n) is 1.65. The van der Waals surface area contributed by atoms with Gasteiger partial charge in [0.1, 0.15) is 6.61 Å². The van der Waals surface area contributed by atoms with Crippen LogP contribution in [0.4, 0.5) is 26.3 Å². The van der Waals surface area contributed by atoms with Gasteiger partial charge in [0, 0.05) is 18.2 Å². The molecule has 1 aromatic rings. The minimum absolute atomic E-state index is 0.0193. The smallest absolute Gasteiger partial charge is 0.372 e. The average Bonchev–Trinajstić information content (AvgIpc) is 2.36. The Balaban J connectivity index is 2.65. The summed E-state index contributed by atoms with van der Waals surface area (Å²) in [5.41, 5.74) is -0.165. The van der Waals surface area contributed by atoms with Gasteiger partial charge in [-0.1, -0.05) is 6.07 Å². The Morgan fingerprint density at radius 1 is 1.15 bits per heavy atom. The van der Waals surface area contributed by atoms with Crippen LogP contribution in [-0.4, -0.2) is 26.4 Å². The van der Waals surface area contributed by atoms with Gasteiger partial charge in [0.25, 0.3) is 0 Å². The molecule has 0 aliphatic carbocycles. The van der Waals surface area contributed by atoms with E-state index in [4.69, 9.17) is 0 Å². The van der Waals surface area contributed by atoms with Crippen molar-refractivity contribution in [1.82, 2.24) is 5.32 Å². The van der Waals surface area contributed by atoms with Gasteiger partial charge >= 0.3 is 6.18 Å². The van der Waals surface area contributed by atoms with Crippen molar-refractivity contribution in [2.75, 3.05) is 20.3 Å². The predicted molar refractivity (Wildman–Crippen MR) is 59.6 cm³/mol. The van der Waals surface area contributed by atoms with Crippen molar-refractivity contribution in [3.05, 3.63) is 35.1 Å². The highest BCUT2D eigenvalue weighted by molar-refractivity contribution is 5.23. The van der Waals surface area contributed by atoms with Crippen LogP contribution < -0.4 is 5.32 Å². The van der Waals surface area contributed by atoms with E-state index in [0.717, 1.165) is 12.1 Å². The third-order valence-electron chi connectivity index (χ3n) is 2.61. The highest BCUT2D eigenvalue weighted by Crippen LogP contribution is 2.24. The van der Waals surface area contributed by atoms with Crippen molar-refractivity contribution < 1.29 is 31.1 Å². The van der Waals surface area contributed by atoms with Crippen LogP contribution in [0.1, 0.15) is 18.0 Å². The molecule has 0 aromatic heterocycles. The number of halogens is 6. The molecule has 1 atom stereocenters. The molecule has 8 heteroatoms.